The Morgan fingerprint density at radius 2 is 1.79 bits per heavy atom. The molecule has 0 N–H and O–H groups in total. The number of thiophene rings is 1. The van der Waals surface area contributed by atoms with Gasteiger partial charge in [-0.25, -0.2) is 18.1 Å². The molecule has 1 amide bonds. The largest absolute Gasteiger partial charge is 0.341 e. The van der Waals surface area contributed by atoms with Gasteiger partial charge in [0.2, 0.25) is 5.91 Å². The van der Waals surface area contributed by atoms with Gasteiger partial charge in [0.1, 0.15) is 22.9 Å². The molecule has 1 aromatic carbocycles. The van der Waals surface area contributed by atoms with E-state index >= 15 is 0 Å². The fourth-order valence-corrected chi connectivity index (χ4v) is 4.45. The highest BCUT2D eigenvalue weighted by atomic mass is 32.1. The third kappa shape index (κ3) is 3.62. The summed E-state index contributed by atoms with van der Waals surface area (Å²) in [6.07, 6.45) is 1.80. The quantitative estimate of drug-likeness (QED) is 0.656. The smallest absolute Gasteiger partial charge is 0.336 e. The molecule has 29 heavy (non-hydrogen) atoms. The first-order chi connectivity index (χ1) is 13.8. The summed E-state index contributed by atoms with van der Waals surface area (Å²) in [6, 6.07) is 4.11. The molecule has 2 aromatic heterocycles. The van der Waals surface area contributed by atoms with Crippen LogP contribution in [0.4, 0.5) is 8.78 Å². The zero-order chi connectivity index (χ0) is 20.7. The number of nitrogens with zero attached hydrogens (tertiary/aromatic N) is 3. The highest BCUT2D eigenvalue weighted by Gasteiger charge is 2.23. The van der Waals surface area contributed by atoms with Crippen molar-refractivity contribution in [2.45, 2.75) is 26.3 Å². The number of carbonyl (C=O) groups excluding carboxylic acids is 1. The Kier molecular flexibility index (Phi) is 5.08. The Balaban J connectivity index is 1.82. The number of aromatic nitrogens is 2. The van der Waals surface area contributed by atoms with Crippen LogP contribution in [0.1, 0.15) is 19.8 Å². The van der Waals surface area contributed by atoms with Crippen molar-refractivity contribution in [1.82, 2.24) is 14.0 Å². The molecule has 0 unspecified atom stereocenters. The molecule has 0 radical (unpaired) electrons. The zero-order valence-electron chi connectivity index (χ0n) is 15.7. The Labute approximate surface area is 168 Å². The van der Waals surface area contributed by atoms with Crippen molar-refractivity contribution >= 4 is 27.5 Å². The number of amides is 1. The summed E-state index contributed by atoms with van der Waals surface area (Å²) in [5.74, 6) is -1.47. The Morgan fingerprint density at radius 3 is 2.45 bits per heavy atom. The second kappa shape index (κ2) is 7.55. The van der Waals surface area contributed by atoms with Gasteiger partial charge >= 0.3 is 5.69 Å². The first kappa shape index (κ1) is 19.5. The number of halogens is 2. The topological polar surface area (TPSA) is 64.3 Å². The molecule has 0 atom stereocenters. The maximum atomic E-state index is 13.7. The van der Waals surface area contributed by atoms with Crippen LogP contribution in [0.2, 0.25) is 0 Å². The molecular formula is C20H19F2N3O3S. The monoisotopic (exact) mass is 419 g/mol. The predicted octanol–water partition coefficient (Wildman–Crippen LogP) is 2.75. The van der Waals surface area contributed by atoms with Gasteiger partial charge in [0, 0.05) is 19.2 Å². The molecular weight excluding hydrogens is 400 g/mol. The van der Waals surface area contributed by atoms with Gasteiger partial charge in [0.15, 0.2) is 0 Å². The lowest BCUT2D eigenvalue weighted by Gasteiger charge is -2.30. The fraction of sp³-hybridized carbons (Fsp3) is 0.350. The van der Waals surface area contributed by atoms with Crippen molar-refractivity contribution < 1.29 is 13.6 Å². The summed E-state index contributed by atoms with van der Waals surface area (Å²) in [6.45, 7) is 3.14. The number of hydrogen-bond acceptors (Lipinski definition) is 4. The molecule has 4 rings (SSSR count). The van der Waals surface area contributed by atoms with Crippen LogP contribution in [0.15, 0.2) is 39.2 Å². The average Bonchev–Trinajstić information content (AvgIpc) is 3.15. The summed E-state index contributed by atoms with van der Waals surface area (Å²) in [4.78, 5) is 40.4. The van der Waals surface area contributed by atoms with E-state index in [1.165, 1.54) is 4.57 Å². The average molecular weight is 419 g/mol. The van der Waals surface area contributed by atoms with Crippen LogP contribution in [0.5, 0.6) is 0 Å². The number of benzene rings is 1. The summed E-state index contributed by atoms with van der Waals surface area (Å²) in [5, 5.41) is 1.64. The second-order valence-electron chi connectivity index (χ2n) is 7.34. The Hall–Kier alpha value is -2.81. The van der Waals surface area contributed by atoms with Gasteiger partial charge in [-0.2, -0.15) is 0 Å². The minimum atomic E-state index is -0.900. The van der Waals surface area contributed by atoms with Crippen LogP contribution in [-0.2, 0) is 11.3 Å². The van der Waals surface area contributed by atoms with E-state index in [1.54, 1.807) is 16.3 Å². The summed E-state index contributed by atoms with van der Waals surface area (Å²) in [7, 11) is 0. The second-order valence-corrected chi connectivity index (χ2v) is 8.25. The number of hydrogen-bond donors (Lipinski definition) is 0. The van der Waals surface area contributed by atoms with E-state index in [4.69, 9.17) is 0 Å². The molecule has 152 valence electrons. The molecule has 0 saturated carbocycles. The van der Waals surface area contributed by atoms with Crippen molar-refractivity contribution in [2.24, 2.45) is 5.92 Å². The van der Waals surface area contributed by atoms with Gasteiger partial charge < -0.3 is 4.90 Å². The zero-order valence-corrected chi connectivity index (χ0v) is 16.5. The lowest BCUT2D eigenvalue weighted by molar-refractivity contribution is -0.133. The molecule has 3 aromatic rings. The van der Waals surface area contributed by atoms with Gasteiger partial charge in [0.25, 0.3) is 5.56 Å². The summed E-state index contributed by atoms with van der Waals surface area (Å²) < 4.78 is 29.6. The molecule has 6 nitrogen and oxygen atoms in total. The lowest BCUT2D eigenvalue weighted by atomic mass is 9.99. The predicted molar refractivity (Wildman–Crippen MR) is 107 cm³/mol. The standard InChI is InChI=1S/C20H19F2N3O3S/c1-12-2-5-23(6-3-12)17(26)11-24-16-4-7-29-18(16)19(27)25(20(24)28)15-9-13(21)8-14(22)10-15/h4,7-10,12H,2-3,5-6,11H2,1H3. The number of piperidine rings is 1. The minimum absolute atomic E-state index is 0.208. The van der Waals surface area contributed by atoms with E-state index in [0.717, 1.165) is 40.9 Å². The normalized spacial score (nSPS) is 15.2. The third-order valence-corrected chi connectivity index (χ3v) is 6.18. The van der Waals surface area contributed by atoms with E-state index in [9.17, 15) is 23.2 Å². The molecule has 1 fully saturated rings. The van der Waals surface area contributed by atoms with E-state index in [-0.39, 0.29) is 22.8 Å². The highest BCUT2D eigenvalue weighted by molar-refractivity contribution is 7.17. The Bertz CT molecular complexity index is 1190. The van der Waals surface area contributed by atoms with Crippen molar-refractivity contribution in [3.8, 4) is 5.69 Å². The lowest BCUT2D eigenvalue weighted by Crippen LogP contribution is -2.44. The minimum Gasteiger partial charge on any atom is -0.341 e. The molecule has 3 heterocycles. The Morgan fingerprint density at radius 1 is 1.14 bits per heavy atom. The van der Waals surface area contributed by atoms with E-state index in [2.05, 4.69) is 6.92 Å². The first-order valence-electron chi connectivity index (χ1n) is 9.32. The van der Waals surface area contributed by atoms with Crippen molar-refractivity contribution in [3.63, 3.8) is 0 Å². The van der Waals surface area contributed by atoms with Crippen LogP contribution in [-0.4, -0.2) is 33.0 Å². The van der Waals surface area contributed by atoms with E-state index in [1.807, 2.05) is 0 Å². The third-order valence-electron chi connectivity index (χ3n) is 5.29. The van der Waals surface area contributed by atoms with Gasteiger partial charge in [-0.3, -0.25) is 14.2 Å². The van der Waals surface area contributed by atoms with E-state index in [0.29, 0.717) is 30.6 Å². The van der Waals surface area contributed by atoms with Gasteiger partial charge in [-0.15, -0.1) is 11.3 Å². The first-order valence-corrected chi connectivity index (χ1v) is 10.2. The molecule has 9 heteroatoms. The number of carbonyl (C=O) groups is 1. The highest BCUT2D eigenvalue weighted by Crippen LogP contribution is 2.19. The molecule has 0 aliphatic carbocycles. The van der Waals surface area contributed by atoms with Crippen molar-refractivity contribution in [3.05, 3.63) is 62.1 Å². The maximum Gasteiger partial charge on any atom is 0.336 e. The van der Waals surface area contributed by atoms with Crippen LogP contribution in [0, 0.1) is 17.6 Å². The van der Waals surface area contributed by atoms with Gasteiger partial charge in [0.05, 0.1) is 11.2 Å². The van der Waals surface area contributed by atoms with Crippen LogP contribution < -0.4 is 11.2 Å². The fourth-order valence-electron chi connectivity index (χ4n) is 3.63. The molecule has 1 saturated heterocycles. The molecule has 1 aliphatic heterocycles. The van der Waals surface area contributed by atoms with Crippen LogP contribution >= 0.6 is 11.3 Å². The van der Waals surface area contributed by atoms with Crippen LogP contribution in [0.25, 0.3) is 15.9 Å². The summed E-state index contributed by atoms with van der Waals surface area (Å²) in [5.41, 5.74) is -1.33. The number of fused-ring (bicyclic) bond motifs is 1. The molecule has 1 aliphatic rings. The van der Waals surface area contributed by atoms with Gasteiger partial charge in [-0.1, -0.05) is 6.92 Å². The number of rotatable bonds is 3. The SMILES string of the molecule is CC1CCN(C(=O)Cn2c(=O)n(-c3cc(F)cc(F)c3)c(=O)c3sccc32)CC1. The molecule has 0 spiro atoms. The maximum absolute atomic E-state index is 13.7. The number of likely N-dealkylation sites (tertiary alicyclic amines) is 1. The van der Waals surface area contributed by atoms with Crippen molar-refractivity contribution in [1.29, 1.82) is 0 Å². The molecule has 0 bridgehead atoms. The van der Waals surface area contributed by atoms with Crippen molar-refractivity contribution in [2.75, 3.05) is 13.1 Å². The van der Waals surface area contributed by atoms with Gasteiger partial charge in [-0.05, 0) is 42.3 Å². The summed E-state index contributed by atoms with van der Waals surface area (Å²) >= 11 is 1.11. The van der Waals surface area contributed by atoms with E-state index < -0.39 is 22.9 Å². The van der Waals surface area contributed by atoms with Crippen LogP contribution in [0.3, 0.4) is 0 Å².